The molecule has 0 aromatic heterocycles. The van der Waals surface area contributed by atoms with Gasteiger partial charge in [0.1, 0.15) is 0 Å². The molecule has 0 aromatic carbocycles. The lowest BCUT2D eigenvalue weighted by atomic mass is 10.1. The first-order chi connectivity index (χ1) is 6.55. The van der Waals surface area contributed by atoms with Crippen molar-refractivity contribution in [2.45, 2.75) is 38.6 Å². The molecule has 1 N–H and O–H groups in total. The Morgan fingerprint density at radius 3 is 2.64 bits per heavy atom. The first-order valence-corrected chi connectivity index (χ1v) is 7.30. The van der Waals surface area contributed by atoms with Crippen LogP contribution in [0.5, 0.6) is 0 Å². The first kappa shape index (κ1) is 12.3. The van der Waals surface area contributed by atoms with Gasteiger partial charge in [-0.05, 0) is 25.2 Å². The van der Waals surface area contributed by atoms with E-state index in [0.717, 1.165) is 19.3 Å². The molecule has 1 aliphatic rings. The molecule has 0 heterocycles. The van der Waals surface area contributed by atoms with Gasteiger partial charge in [0.05, 0.1) is 5.75 Å². The van der Waals surface area contributed by atoms with Gasteiger partial charge in [0, 0.05) is 11.9 Å². The Kier molecular flexibility index (Phi) is 4.67. The molecule has 5 heteroatoms. The van der Waals surface area contributed by atoms with Crippen molar-refractivity contribution in [2.75, 3.05) is 11.6 Å². The van der Waals surface area contributed by atoms with Gasteiger partial charge in [0.25, 0.3) is 0 Å². The second kappa shape index (κ2) is 5.33. The van der Waals surface area contributed by atoms with Crippen LogP contribution < -0.4 is 4.72 Å². The number of halogens is 1. The van der Waals surface area contributed by atoms with Gasteiger partial charge in [-0.15, -0.1) is 11.6 Å². The van der Waals surface area contributed by atoms with Crippen LogP contribution in [0.4, 0.5) is 0 Å². The van der Waals surface area contributed by atoms with Crippen molar-refractivity contribution in [2.24, 2.45) is 5.92 Å². The van der Waals surface area contributed by atoms with Crippen molar-refractivity contribution >= 4 is 21.6 Å². The summed E-state index contributed by atoms with van der Waals surface area (Å²) >= 11 is 5.46. The summed E-state index contributed by atoms with van der Waals surface area (Å²) in [6, 6.07) is 0.148. The van der Waals surface area contributed by atoms with Gasteiger partial charge >= 0.3 is 0 Å². The Balaban J connectivity index is 2.42. The van der Waals surface area contributed by atoms with Gasteiger partial charge in [-0.2, -0.15) is 0 Å². The lowest BCUT2D eigenvalue weighted by molar-refractivity contribution is 0.476. The number of sulfonamides is 1. The standard InChI is InChI=1S/C9H18ClNO2S/c1-8-4-2-5-9(8)11-14(12,13)7-3-6-10/h8-9,11H,2-7H2,1H3. The molecule has 84 valence electrons. The van der Waals surface area contributed by atoms with E-state index in [1.54, 1.807) is 0 Å². The molecule has 0 aliphatic heterocycles. The zero-order chi connectivity index (χ0) is 10.6. The quantitative estimate of drug-likeness (QED) is 0.743. The maximum atomic E-state index is 11.5. The molecule has 0 amide bonds. The molecule has 0 spiro atoms. The maximum Gasteiger partial charge on any atom is 0.211 e. The van der Waals surface area contributed by atoms with Gasteiger partial charge in [0.2, 0.25) is 10.0 Å². The molecule has 14 heavy (non-hydrogen) atoms. The predicted octanol–water partition coefficient (Wildman–Crippen LogP) is 1.72. The largest absolute Gasteiger partial charge is 0.212 e. The van der Waals surface area contributed by atoms with Gasteiger partial charge in [0.15, 0.2) is 0 Å². The fourth-order valence-corrected chi connectivity index (χ4v) is 3.60. The zero-order valence-electron chi connectivity index (χ0n) is 8.50. The molecule has 2 atom stereocenters. The van der Waals surface area contributed by atoms with Gasteiger partial charge in [-0.1, -0.05) is 13.3 Å². The monoisotopic (exact) mass is 239 g/mol. The maximum absolute atomic E-state index is 11.5. The number of nitrogens with one attached hydrogen (secondary N) is 1. The van der Waals surface area contributed by atoms with E-state index in [1.165, 1.54) is 0 Å². The van der Waals surface area contributed by atoms with E-state index >= 15 is 0 Å². The van der Waals surface area contributed by atoms with Crippen molar-refractivity contribution in [1.82, 2.24) is 4.72 Å². The third-order valence-electron chi connectivity index (χ3n) is 2.74. The summed E-state index contributed by atoms with van der Waals surface area (Å²) in [4.78, 5) is 0. The fourth-order valence-electron chi connectivity index (χ4n) is 1.85. The molecule has 0 bridgehead atoms. The Morgan fingerprint density at radius 2 is 2.14 bits per heavy atom. The predicted molar refractivity (Wildman–Crippen MR) is 59.1 cm³/mol. The molecule has 1 aliphatic carbocycles. The van der Waals surface area contributed by atoms with Crippen LogP contribution in [0.1, 0.15) is 32.6 Å². The molecule has 0 saturated heterocycles. The lowest BCUT2D eigenvalue weighted by Crippen LogP contribution is -2.37. The number of hydrogen-bond acceptors (Lipinski definition) is 2. The van der Waals surface area contributed by atoms with E-state index in [9.17, 15) is 8.42 Å². The highest BCUT2D eigenvalue weighted by Crippen LogP contribution is 2.25. The highest BCUT2D eigenvalue weighted by molar-refractivity contribution is 7.89. The lowest BCUT2D eigenvalue weighted by Gasteiger charge is -2.16. The third-order valence-corrected chi connectivity index (χ3v) is 4.49. The molecule has 1 rings (SSSR count). The average molecular weight is 240 g/mol. The van der Waals surface area contributed by atoms with Crippen molar-refractivity contribution in [3.8, 4) is 0 Å². The highest BCUT2D eigenvalue weighted by Gasteiger charge is 2.26. The van der Waals surface area contributed by atoms with Crippen molar-refractivity contribution in [3.05, 3.63) is 0 Å². The molecule has 1 saturated carbocycles. The molecule has 2 unspecified atom stereocenters. The van der Waals surface area contributed by atoms with E-state index in [-0.39, 0.29) is 11.8 Å². The minimum atomic E-state index is -3.09. The smallest absolute Gasteiger partial charge is 0.211 e. The minimum Gasteiger partial charge on any atom is -0.212 e. The van der Waals surface area contributed by atoms with Crippen LogP contribution in [0.15, 0.2) is 0 Å². The van der Waals surface area contributed by atoms with Crippen LogP contribution in [0.3, 0.4) is 0 Å². The molecular weight excluding hydrogens is 222 g/mol. The van der Waals surface area contributed by atoms with Crippen LogP contribution in [0.25, 0.3) is 0 Å². The summed E-state index contributed by atoms with van der Waals surface area (Å²) in [5.74, 6) is 1.03. The summed E-state index contributed by atoms with van der Waals surface area (Å²) in [5, 5.41) is 0. The fraction of sp³-hybridized carbons (Fsp3) is 1.00. The molecule has 1 fully saturated rings. The van der Waals surface area contributed by atoms with Crippen LogP contribution in [-0.2, 0) is 10.0 Å². The second-order valence-electron chi connectivity index (χ2n) is 3.99. The highest BCUT2D eigenvalue weighted by atomic mass is 35.5. The Labute approximate surface area is 91.3 Å². The first-order valence-electron chi connectivity index (χ1n) is 5.11. The third kappa shape index (κ3) is 3.75. The summed E-state index contributed by atoms with van der Waals surface area (Å²) in [5.41, 5.74) is 0. The Bertz CT molecular complexity index is 266. The van der Waals surface area contributed by atoms with Crippen molar-refractivity contribution < 1.29 is 8.42 Å². The zero-order valence-corrected chi connectivity index (χ0v) is 10.1. The molecule has 3 nitrogen and oxygen atoms in total. The number of alkyl halides is 1. The Hall–Kier alpha value is 0.200. The van der Waals surface area contributed by atoms with Crippen LogP contribution in [-0.4, -0.2) is 26.1 Å². The van der Waals surface area contributed by atoms with Crippen LogP contribution >= 0.6 is 11.6 Å². The van der Waals surface area contributed by atoms with E-state index in [1.807, 2.05) is 0 Å². The topological polar surface area (TPSA) is 46.2 Å². The SMILES string of the molecule is CC1CCCC1NS(=O)(=O)CCCCl. The second-order valence-corrected chi connectivity index (χ2v) is 6.25. The van der Waals surface area contributed by atoms with Crippen molar-refractivity contribution in [1.29, 1.82) is 0 Å². The van der Waals surface area contributed by atoms with E-state index in [0.29, 0.717) is 18.2 Å². The van der Waals surface area contributed by atoms with E-state index < -0.39 is 10.0 Å². The summed E-state index contributed by atoms with van der Waals surface area (Å²) in [6.07, 6.45) is 3.76. The normalized spacial score (nSPS) is 28.1. The average Bonchev–Trinajstić information content (AvgIpc) is 2.48. The molecule has 0 aromatic rings. The summed E-state index contributed by atoms with van der Waals surface area (Å²) in [6.45, 7) is 2.10. The molecular formula is C9H18ClNO2S. The van der Waals surface area contributed by atoms with E-state index in [4.69, 9.17) is 11.6 Å². The van der Waals surface area contributed by atoms with Crippen molar-refractivity contribution in [3.63, 3.8) is 0 Å². The van der Waals surface area contributed by atoms with Crippen LogP contribution in [0, 0.1) is 5.92 Å². The van der Waals surface area contributed by atoms with Gasteiger partial charge in [-0.3, -0.25) is 0 Å². The van der Waals surface area contributed by atoms with E-state index in [2.05, 4.69) is 11.6 Å². The molecule has 0 radical (unpaired) electrons. The summed E-state index contributed by atoms with van der Waals surface area (Å²) < 4.78 is 25.8. The number of rotatable bonds is 5. The Morgan fingerprint density at radius 1 is 1.43 bits per heavy atom. The minimum absolute atomic E-state index is 0.148. The van der Waals surface area contributed by atoms with Gasteiger partial charge < -0.3 is 0 Å². The number of hydrogen-bond donors (Lipinski definition) is 1. The van der Waals surface area contributed by atoms with Gasteiger partial charge in [-0.25, -0.2) is 13.1 Å². The van der Waals surface area contributed by atoms with Crippen LogP contribution in [0.2, 0.25) is 0 Å². The summed E-state index contributed by atoms with van der Waals surface area (Å²) in [7, 11) is -3.09.